The molecule has 28 heavy (non-hydrogen) atoms. The molecule has 0 amide bonds. The maximum atomic E-state index is 4.17. The van der Waals surface area contributed by atoms with E-state index in [1.165, 1.54) is 16.7 Å². The van der Waals surface area contributed by atoms with Crippen LogP contribution in [-0.2, 0) is 12.8 Å². The van der Waals surface area contributed by atoms with Gasteiger partial charge in [-0.3, -0.25) is 4.98 Å². The van der Waals surface area contributed by atoms with Crippen molar-refractivity contribution in [1.29, 1.82) is 0 Å². The van der Waals surface area contributed by atoms with E-state index < -0.39 is 0 Å². The Balaban J connectivity index is 1.81. The molecule has 0 saturated heterocycles. The minimum atomic E-state index is 0.908. The average molecular weight is 372 g/mol. The Morgan fingerprint density at radius 1 is 0.786 bits per heavy atom. The minimum absolute atomic E-state index is 0.908. The molecule has 2 aromatic carbocycles. The fraction of sp³-hybridized carbons (Fsp3) is 0.240. The third kappa shape index (κ3) is 5.23. The van der Waals surface area contributed by atoms with E-state index in [0.717, 1.165) is 42.8 Å². The van der Waals surface area contributed by atoms with Crippen LogP contribution in [-0.4, -0.2) is 18.6 Å². The van der Waals surface area contributed by atoms with Gasteiger partial charge in [0.05, 0.1) is 11.4 Å². The number of benzene rings is 2. The molecule has 0 bridgehead atoms. The molecule has 1 heterocycles. The first kappa shape index (κ1) is 19.7. The normalized spacial score (nSPS) is 11.6. The molecule has 3 heteroatoms. The molecule has 3 rings (SSSR count). The van der Waals surface area contributed by atoms with Crippen LogP contribution >= 0.6 is 0 Å². The highest BCUT2D eigenvalue weighted by molar-refractivity contribution is 5.88. The van der Waals surface area contributed by atoms with Crippen LogP contribution in [0.1, 0.15) is 35.6 Å². The lowest BCUT2D eigenvalue weighted by Crippen LogP contribution is -2.20. The summed E-state index contributed by atoms with van der Waals surface area (Å²) in [7, 11) is 1.98. The van der Waals surface area contributed by atoms with Crippen molar-refractivity contribution in [3.8, 4) is 0 Å². The maximum absolute atomic E-state index is 4.17. The van der Waals surface area contributed by atoms with E-state index in [1.54, 1.807) is 0 Å². The second-order valence-electron chi connectivity index (χ2n) is 6.80. The molecule has 0 aliphatic heterocycles. The number of nitrogens with one attached hydrogen (secondary N) is 2. The Hall–Kier alpha value is -3.07. The third-order valence-electron chi connectivity index (χ3n) is 4.91. The van der Waals surface area contributed by atoms with Crippen molar-refractivity contribution in [1.82, 2.24) is 15.6 Å². The summed E-state index contributed by atoms with van der Waals surface area (Å²) in [6.45, 7) is 3.09. The first-order valence-electron chi connectivity index (χ1n) is 10.0. The van der Waals surface area contributed by atoms with Crippen LogP contribution in [0.25, 0.3) is 11.4 Å². The SMILES string of the molecule is CCc1ccc(/C(NC)=C(/NCCCc2ccccc2)c2ccncc2)cc1. The minimum Gasteiger partial charge on any atom is -0.386 e. The Labute approximate surface area is 168 Å². The summed E-state index contributed by atoms with van der Waals surface area (Å²) in [5, 5.41) is 7.08. The number of pyridine rings is 1. The Morgan fingerprint density at radius 3 is 2.11 bits per heavy atom. The van der Waals surface area contributed by atoms with Crippen LogP contribution in [0.15, 0.2) is 79.1 Å². The average Bonchev–Trinajstić information content (AvgIpc) is 2.77. The summed E-state index contributed by atoms with van der Waals surface area (Å²) in [4.78, 5) is 4.17. The van der Waals surface area contributed by atoms with E-state index in [9.17, 15) is 0 Å². The molecule has 1 aromatic heterocycles. The van der Waals surface area contributed by atoms with Crippen molar-refractivity contribution < 1.29 is 0 Å². The molecule has 0 atom stereocenters. The predicted molar refractivity (Wildman–Crippen MR) is 119 cm³/mol. The number of nitrogens with zero attached hydrogens (tertiary/aromatic N) is 1. The zero-order valence-electron chi connectivity index (χ0n) is 16.8. The quantitative estimate of drug-likeness (QED) is 0.525. The van der Waals surface area contributed by atoms with Crippen molar-refractivity contribution in [2.75, 3.05) is 13.6 Å². The van der Waals surface area contributed by atoms with E-state index in [2.05, 4.69) is 89.3 Å². The van der Waals surface area contributed by atoms with E-state index >= 15 is 0 Å². The van der Waals surface area contributed by atoms with Crippen molar-refractivity contribution in [3.63, 3.8) is 0 Å². The summed E-state index contributed by atoms with van der Waals surface area (Å²) in [6, 6.07) is 23.5. The van der Waals surface area contributed by atoms with Crippen molar-refractivity contribution in [2.45, 2.75) is 26.2 Å². The Morgan fingerprint density at radius 2 is 1.46 bits per heavy atom. The molecular weight excluding hydrogens is 342 g/mol. The predicted octanol–water partition coefficient (Wildman–Crippen LogP) is 4.91. The number of aromatic nitrogens is 1. The molecule has 2 N–H and O–H groups in total. The van der Waals surface area contributed by atoms with Gasteiger partial charge < -0.3 is 10.6 Å². The molecule has 0 fully saturated rings. The molecule has 0 radical (unpaired) electrons. The van der Waals surface area contributed by atoms with Gasteiger partial charge in [0, 0.05) is 31.5 Å². The lowest BCUT2D eigenvalue weighted by molar-refractivity contribution is 0.761. The smallest absolute Gasteiger partial charge is 0.0656 e. The van der Waals surface area contributed by atoms with Gasteiger partial charge >= 0.3 is 0 Å². The van der Waals surface area contributed by atoms with Gasteiger partial charge in [-0.15, -0.1) is 0 Å². The van der Waals surface area contributed by atoms with Crippen LogP contribution in [0.3, 0.4) is 0 Å². The molecule has 0 unspecified atom stereocenters. The van der Waals surface area contributed by atoms with Crippen molar-refractivity contribution in [3.05, 3.63) is 101 Å². The number of hydrogen-bond donors (Lipinski definition) is 2. The standard InChI is InChI=1S/C25H29N3/c1-3-20-11-13-22(14-12-20)24(26-2)25(23-15-18-27-19-16-23)28-17-7-10-21-8-5-4-6-9-21/h4-6,8-9,11-16,18-19,26,28H,3,7,10,17H2,1-2H3/b25-24-. The second kappa shape index (κ2) is 10.3. The first-order valence-corrected chi connectivity index (χ1v) is 10.0. The van der Waals surface area contributed by atoms with Gasteiger partial charge in [-0.05, 0) is 48.1 Å². The summed E-state index contributed by atoms with van der Waals surface area (Å²) in [6.07, 6.45) is 6.87. The Bertz CT molecular complexity index is 869. The van der Waals surface area contributed by atoms with Gasteiger partial charge in [-0.1, -0.05) is 61.5 Å². The van der Waals surface area contributed by atoms with Gasteiger partial charge in [-0.25, -0.2) is 0 Å². The number of rotatable bonds is 9. The van der Waals surface area contributed by atoms with Gasteiger partial charge in [0.25, 0.3) is 0 Å². The van der Waals surface area contributed by atoms with Gasteiger partial charge in [0.15, 0.2) is 0 Å². The second-order valence-corrected chi connectivity index (χ2v) is 6.80. The van der Waals surface area contributed by atoms with Gasteiger partial charge in [-0.2, -0.15) is 0 Å². The van der Waals surface area contributed by atoms with Crippen LogP contribution in [0.5, 0.6) is 0 Å². The van der Waals surface area contributed by atoms with Crippen molar-refractivity contribution in [2.24, 2.45) is 0 Å². The van der Waals surface area contributed by atoms with E-state index in [0.29, 0.717) is 0 Å². The van der Waals surface area contributed by atoms with Crippen LogP contribution in [0, 0.1) is 0 Å². The highest BCUT2D eigenvalue weighted by Crippen LogP contribution is 2.22. The monoisotopic (exact) mass is 371 g/mol. The molecule has 3 aromatic rings. The summed E-state index contributed by atoms with van der Waals surface area (Å²) in [5.41, 5.74) is 7.26. The fourth-order valence-electron chi connectivity index (χ4n) is 3.32. The molecular formula is C25H29N3. The molecule has 0 aliphatic carbocycles. The zero-order valence-corrected chi connectivity index (χ0v) is 16.8. The van der Waals surface area contributed by atoms with Crippen LogP contribution < -0.4 is 10.6 Å². The largest absolute Gasteiger partial charge is 0.386 e. The summed E-state index contributed by atoms with van der Waals surface area (Å²) < 4.78 is 0. The molecule has 0 saturated carbocycles. The zero-order chi connectivity index (χ0) is 19.6. The topological polar surface area (TPSA) is 37.0 Å². The lowest BCUT2D eigenvalue weighted by Gasteiger charge is -2.18. The van der Waals surface area contributed by atoms with E-state index in [4.69, 9.17) is 0 Å². The van der Waals surface area contributed by atoms with E-state index in [-0.39, 0.29) is 0 Å². The molecule has 0 spiro atoms. The maximum Gasteiger partial charge on any atom is 0.0656 e. The van der Waals surface area contributed by atoms with Gasteiger partial charge in [0.1, 0.15) is 0 Å². The lowest BCUT2D eigenvalue weighted by atomic mass is 10.0. The number of hydrogen-bond acceptors (Lipinski definition) is 3. The first-order chi connectivity index (χ1) is 13.8. The Kier molecular flexibility index (Phi) is 7.25. The number of aryl methyl sites for hydroxylation is 2. The van der Waals surface area contributed by atoms with Crippen molar-refractivity contribution >= 4 is 11.4 Å². The summed E-state index contributed by atoms with van der Waals surface area (Å²) >= 11 is 0. The van der Waals surface area contributed by atoms with Crippen LogP contribution in [0.2, 0.25) is 0 Å². The summed E-state index contributed by atoms with van der Waals surface area (Å²) in [5.74, 6) is 0. The molecule has 0 aliphatic rings. The van der Waals surface area contributed by atoms with Gasteiger partial charge in [0.2, 0.25) is 0 Å². The van der Waals surface area contributed by atoms with Crippen LogP contribution in [0.4, 0.5) is 0 Å². The molecule has 3 nitrogen and oxygen atoms in total. The third-order valence-corrected chi connectivity index (χ3v) is 4.91. The fourth-order valence-corrected chi connectivity index (χ4v) is 3.32. The van der Waals surface area contributed by atoms with E-state index in [1.807, 2.05) is 19.4 Å². The molecule has 144 valence electrons. The highest BCUT2D eigenvalue weighted by Gasteiger charge is 2.11. The highest BCUT2D eigenvalue weighted by atomic mass is 14.9.